The predicted octanol–water partition coefficient (Wildman–Crippen LogP) is 10.2. The first kappa shape index (κ1) is 31.3. The van der Waals surface area contributed by atoms with Gasteiger partial charge in [0, 0.05) is 10.7 Å². The highest BCUT2D eigenvalue weighted by Crippen LogP contribution is 2.40. The zero-order valence-corrected chi connectivity index (χ0v) is 26.6. The van der Waals surface area contributed by atoms with Gasteiger partial charge in [0.15, 0.2) is 0 Å². The van der Waals surface area contributed by atoms with Crippen molar-refractivity contribution in [2.24, 2.45) is 11.3 Å². The Morgan fingerprint density at radius 2 is 1.57 bits per heavy atom. The largest absolute Gasteiger partial charge is 0.478 e. The molecule has 0 spiro atoms. The minimum Gasteiger partial charge on any atom is -0.478 e. The van der Waals surface area contributed by atoms with Crippen molar-refractivity contribution in [2.45, 2.75) is 59.3 Å². The minimum atomic E-state index is -0.968. The van der Waals surface area contributed by atoms with E-state index in [1.54, 1.807) is 24.3 Å². The van der Waals surface area contributed by atoms with Crippen LogP contribution in [0.1, 0.15) is 78.6 Å². The molecule has 2 unspecified atom stereocenters. The number of carbonyl (C=O) groups is 2. The quantitative estimate of drug-likeness (QED) is 0.210. The summed E-state index contributed by atoms with van der Waals surface area (Å²) in [6.45, 7) is 8.99. The molecule has 4 aromatic rings. The number of aryl methyl sites for hydroxylation is 1. The predicted molar refractivity (Wildman–Crippen MR) is 181 cm³/mol. The van der Waals surface area contributed by atoms with E-state index < -0.39 is 11.9 Å². The first-order valence-corrected chi connectivity index (χ1v) is 15.6. The highest BCUT2D eigenvalue weighted by Gasteiger charge is 2.27. The first-order chi connectivity index (χ1) is 21.0. The number of hydrogen-bond donors (Lipinski definition) is 2. The lowest BCUT2D eigenvalue weighted by atomic mass is 9.72. The fourth-order valence-electron chi connectivity index (χ4n) is 6.11. The summed E-state index contributed by atoms with van der Waals surface area (Å²) in [5, 5.41) is 13.1. The van der Waals surface area contributed by atoms with Gasteiger partial charge in [-0.25, -0.2) is 4.79 Å². The second kappa shape index (κ2) is 13.2. The van der Waals surface area contributed by atoms with E-state index in [1.807, 2.05) is 49.4 Å². The van der Waals surface area contributed by atoms with Crippen molar-refractivity contribution in [3.8, 4) is 11.1 Å². The minimum absolute atomic E-state index is 0.111. The molecule has 1 amide bonds. The van der Waals surface area contributed by atoms with Crippen LogP contribution in [0.25, 0.3) is 16.7 Å². The summed E-state index contributed by atoms with van der Waals surface area (Å²) < 4.78 is 0. The number of benzene rings is 4. The smallest absolute Gasteiger partial charge is 0.335 e. The summed E-state index contributed by atoms with van der Waals surface area (Å²) in [5.74, 6) is -0.844. The van der Waals surface area contributed by atoms with Crippen LogP contribution in [0.5, 0.6) is 0 Å². The average molecular weight is 606 g/mol. The normalized spacial score (nSPS) is 15.8. The summed E-state index contributed by atoms with van der Waals surface area (Å²) in [6.07, 6.45) is 6.17. The van der Waals surface area contributed by atoms with Crippen LogP contribution in [0, 0.1) is 18.3 Å². The molecule has 4 nitrogen and oxygen atoms in total. The van der Waals surface area contributed by atoms with Crippen LogP contribution >= 0.6 is 11.6 Å². The Bertz CT molecular complexity index is 1660. The van der Waals surface area contributed by atoms with Crippen LogP contribution in [-0.2, 0) is 11.2 Å². The Morgan fingerprint density at radius 1 is 0.909 bits per heavy atom. The number of amides is 1. The number of carboxylic acids is 1. The molecule has 2 N–H and O–H groups in total. The fourth-order valence-corrected chi connectivity index (χ4v) is 6.33. The molecule has 0 saturated carbocycles. The molecule has 4 aromatic carbocycles. The van der Waals surface area contributed by atoms with E-state index in [2.05, 4.69) is 56.4 Å². The van der Waals surface area contributed by atoms with E-state index in [-0.39, 0.29) is 11.5 Å². The number of nitrogens with one attached hydrogen (secondary N) is 1. The van der Waals surface area contributed by atoms with E-state index in [4.69, 9.17) is 11.6 Å². The topological polar surface area (TPSA) is 66.4 Å². The van der Waals surface area contributed by atoms with Crippen molar-refractivity contribution in [1.29, 1.82) is 0 Å². The van der Waals surface area contributed by atoms with Crippen molar-refractivity contribution >= 4 is 34.7 Å². The number of rotatable bonds is 8. The van der Waals surface area contributed by atoms with Gasteiger partial charge in [-0.15, -0.1) is 0 Å². The molecule has 1 aliphatic rings. The van der Waals surface area contributed by atoms with Crippen molar-refractivity contribution < 1.29 is 14.7 Å². The lowest BCUT2D eigenvalue weighted by molar-refractivity contribution is -0.117. The van der Waals surface area contributed by atoms with E-state index in [0.717, 1.165) is 40.7 Å². The Hall–Kier alpha value is -4.15. The lowest BCUT2D eigenvalue weighted by Gasteiger charge is -2.33. The standard InChI is InChI=1S/C39H40ClNO3/c1-25-23-33(40)19-22-35(25)29-15-20-34(21-16-29)41-37(42)36(24-26-5-7-31(8-6-26)38(43)44)30-11-9-27(10-12-30)28-13-17-32(18-14-28)39(2,3)4/h5-13,15-16,19-23,32,36H,14,17-18,24H2,1-4H3,(H,41,42)(H,43,44). The molecule has 0 saturated heterocycles. The van der Waals surface area contributed by atoms with Crippen LogP contribution < -0.4 is 5.32 Å². The zero-order valence-electron chi connectivity index (χ0n) is 25.9. The number of allylic oxidation sites excluding steroid dienone is 2. The molecule has 0 heterocycles. The molecular formula is C39H40ClNO3. The third-order valence-corrected chi connectivity index (χ3v) is 9.16. The van der Waals surface area contributed by atoms with Gasteiger partial charge in [0.2, 0.25) is 5.91 Å². The summed E-state index contributed by atoms with van der Waals surface area (Å²) in [7, 11) is 0. The molecule has 0 radical (unpaired) electrons. The maximum Gasteiger partial charge on any atom is 0.335 e. The Morgan fingerprint density at radius 3 is 2.14 bits per heavy atom. The van der Waals surface area contributed by atoms with Gasteiger partial charge in [0.05, 0.1) is 11.5 Å². The van der Waals surface area contributed by atoms with E-state index in [9.17, 15) is 14.7 Å². The number of aromatic carboxylic acids is 1. The van der Waals surface area contributed by atoms with Gasteiger partial charge in [-0.05, 0) is 119 Å². The van der Waals surface area contributed by atoms with Gasteiger partial charge in [0.1, 0.15) is 0 Å². The molecule has 0 bridgehead atoms. The van der Waals surface area contributed by atoms with E-state index >= 15 is 0 Å². The maximum atomic E-state index is 13.8. The second-order valence-corrected chi connectivity index (χ2v) is 13.4. The Balaban J connectivity index is 1.37. The summed E-state index contributed by atoms with van der Waals surface area (Å²) in [6, 6.07) is 28.8. The van der Waals surface area contributed by atoms with Gasteiger partial charge in [-0.2, -0.15) is 0 Å². The van der Waals surface area contributed by atoms with Crippen LogP contribution in [0.4, 0.5) is 5.69 Å². The molecule has 5 heteroatoms. The summed E-state index contributed by atoms with van der Waals surface area (Å²) in [4.78, 5) is 25.2. The van der Waals surface area contributed by atoms with E-state index in [0.29, 0.717) is 28.5 Å². The molecule has 226 valence electrons. The number of anilines is 1. The highest BCUT2D eigenvalue weighted by atomic mass is 35.5. The van der Waals surface area contributed by atoms with Gasteiger partial charge in [-0.3, -0.25) is 4.79 Å². The molecular weight excluding hydrogens is 566 g/mol. The van der Waals surface area contributed by atoms with Gasteiger partial charge in [0.25, 0.3) is 0 Å². The van der Waals surface area contributed by atoms with Gasteiger partial charge < -0.3 is 10.4 Å². The second-order valence-electron chi connectivity index (χ2n) is 13.0. The molecule has 0 aliphatic heterocycles. The van der Waals surface area contributed by atoms with Crippen molar-refractivity contribution in [2.75, 3.05) is 5.32 Å². The zero-order chi connectivity index (χ0) is 31.4. The Kier molecular flexibility index (Phi) is 9.41. The average Bonchev–Trinajstić information content (AvgIpc) is 3.00. The molecule has 0 fully saturated rings. The van der Waals surface area contributed by atoms with Crippen LogP contribution in [0.2, 0.25) is 5.02 Å². The first-order valence-electron chi connectivity index (χ1n) is 15.3. The van der Waals surface area contributed by atoms with Crippen molar-refractivity contribution in [3.05, 3.63) is 130 Å². The molecule has 44 heavy (non-hydrogen) atoms. The number of halogens is 1. The van der Waals surface area contributed by atoms with Gasteiger partial charge in [-0.1, -0.05) is 93.0 Å². The summed E-state index contributed by atoms with van der Waals surface area (Å²) >= 11 is 6.14. The molecule has 0 aromatic heterocycles. The fraction of sp³-hybridized carbons (Fsp3) is 0.282. The number of carbonyl (C=O) groups excluding carboxylic acids is 1. The van der Waals surface area contributed by atoms with Crippen LogP contribution in [-0.4, -0.2) is 17.0 Å². The third kappa shape index (κ3) is 7.49. The SMILES string of the molecule is Cc1cc(Cl)ccc1-c1ccc(NC(=O)C(Cc2ccc(C(=O)O)cc2)c2ccc(C3=CCC(C(C)(C)C)CC3)cc2)cc1. The number of hydrogen-bond acceptors (Lipinski definition) is 2. The van der Waals surface area contributed by atoms with Crippen LogP contribution in [0.3, 0.4) is 0 Å². The van der Waals surface area contributed by atoms with Crippen molar-refractivity contribution in [1.82, 2.24) is 0 Å². The molecule has 1 aliphatic carbocycles. The van der Waals surface area contributed by atoms with E-state index in [1.165, 1.54) is 17.6 Å². The number of carboxylic acid groups (broad SMARTS) is 1. The lowest BCUT2D eigenvalue weighted by Crippen LogP contribution is -2.23. The van der Waals surface area contributed by atoms with Crippen molar-refractivity contribution in [3.63, 3.8) is 0 Å². The monoisotopic (exact) mass is 605 g/mol. The summed E-state index contributed by atoms with van der Waals surface area (Å²) in [5.41, 5.74) is 8.89. The molecule has 2 atom stereocenters. The van der Waals surface area contributed by atoms with Gasteiger partial charge >= 0.3 is 5.97 Å². The third-order valence-electron chi connectivity index (χ3n) is 8.93. The van der Waals surface area contributed by atoms with Crippen LogP contribution in [0.15, 0.2) is 97.1 Å². The molecule has 5 rings (SSSR count). The maximum absolute atomic E-state index is 13.8. The highest BCUT2D eigenvalue weighted by molar-refractivity contribution is 6.30. The Labute approximate surface area is 265 Å².